The van der Waals surface area contributed by atoms with Crippen LogP contribution in [-0.4, -0.2) is 31.3 Å². The summed E-state index contributed by atoms with van der Waals surface area (Å²) < 4.78 is 17.4. The van der Waals surface area contributed by atoms with Crippen LogP contribution < -0.4 is 19.6 Å². The van der Waals surface area contributed by atoms with Crippen LogP contribution in [0.15, 0.2) is 82.4 Å². The maximum atomic E-state index is 12.3. The summed E-state index contributed by atoms with van der Waals surface area (Å²) in [6, 6.07) is 20.8. The fourth-order valence-corrected chi connectivity index (χ4v) is 2.85. The third kappa shape index (κ3) is 6.95. The van der Waals surface area contributed by atoms with E-state index < -0.39 is 11.9 Å². The summed E-state index contributed by atoms with van der Waals surface area (Å²) in [5, 5.41) is 3.93. The lowest BCUT2D eigenvalue weighted by Crippen LogP contribution is -2.24. The fraction of sp³-hybridized carbons (Fsp3) is 0.125. The molecular formula is C24H21BrN2O5. The second-order valence-corrected chi connectivity index (χ2v) is 7.35. The first-order valence-electron chi connectivity index (χ1n) is 9.79. The van der Waals surface area contributed by atoms with Gasteiger partial charge in [-0.3, -0.25) is 4.79 Å². The SMILES string of the molecule is CCOc1cc(/C=N/NC(=O)COc2ccc(Br)cc2)ccc1OC(=O)c1ccccc1. The van der Waals surface area contributed by atoms with Crippen molar-refractivity contribution in [3.05, 3.63) is 88.4 Å². The van der Waals surface area contributed by atoms with Gasteiger partial charge in [-0.1, -0.05) is 34.1 Å². The molecule has 8 heteroatoms. The summed E-state index contributed by atoms with van der Waals surface area (Å²) >= 11 is 3.34. The number of ether oxygens (including phenoxy) is 3. The molecular weight excluding hydrogens is 476 g/mol. The summed E-state index contributed by atoms with van der Waals surface area (Å²) in [5.41, 5.74) is 3.50. The van der Waals surface area contributed by atoms with Crippen LogP contribution in [-0.2, 0) is 4.79 Å². The zero-order valence-electron chi connectivity index (χ0n) is 17.3. The first-order valence-corrected chi connectivity index (χ1v) is 10.6. The molecule has 0 aliphatic heterocycles. The van der Waals surface area contributed by atoms with Crippen LogP contribution in [0, 0.1) is 0 Å². The Bertz CT molecular complexity index is 1090. The number of hydrogen-bond acceptors (Lipinski definition) is 6. The molecule has 3 rings (SSSR count). The Balaban J connectivity index is 1.58. The maximum absolute atomic E-state index is 12.3. The number of nitrogens with zero attached hydrogens (tertiary/aromatic N) is 1. The van der Waals surface area contributed by atoms with Crippen molar-refractivity contribution in [1.29, 1.82) is 0 Å². The lowest BCUT2D eigenvalue weighted by molar-refractivity contribution is -0.123. The molecule has 164 valence electrons. The van der Waals surface area contributed by atoms with Gasteiger partial charge >= 0.3 is 5.97 Å². The van der Waals surface area contributed by atoms with Gasteiger partial charge in [-0.25, -0.2) is 10.2 Å². The summed E-state index contributed by atoms with van der Waals surface area (Å²) in [5.74, 6) is 0.387. The molecule has 0 atom stereocenters. The van der Waals surface area contributed by atoms with Crippen LogP contribution in [0.25, 0.3) is 0 Å². The van der Waals surface area contributed by atoms with Gasteiger partial charge in [0.25, 0.3) is 5.91 Å². The average Bonchev–Trinajstić information content (AvgIpc) is 2.81. The van der Waals surface area contributed by atoms with Gasteiger partial charge in [-0.15, -0.1) is 0 Å². The van der Waals surface area contributed by atoms with Gasteiger partial charge in [0.2, 0.25) is 0 Å². The number of carbonyl (C=O) groups excluding carboxylic acids is 2. The average molecular weight is 497 g/mol. The number of hydrazone groups is 1. The minimum atomic E-state index is -0.481. The normalized spacial score (nSPS) is 10.6. The van der Waals surface area contributed by atoms with Crippen molar-refractivity contribution >= 4 is 34.0 Å². The highest BCUT2D eigenvalue weighted by atomic mass is 79.9. The van der Waals surface area contributed by atoms with Gasteiger partial charge in [0.05, 0.1) is 18.4 Å². The first-order chi connectivity index (χ1) is 15.5. The van der Waals surface area contributed by atoms with Gasteiger partial charge in [-0.2, -0.15) is 5.10 Å². The molecule has 32 heavy (non-hydrogen) atoms. The molecule has 0 aromatic heterocycles. The minimum absolute atomic E-state index is 0.169. The molecule has 0 aliphatic rings. The van der Waals surface area contributed by atoms with Crippen molar-refractivity contribution in [3.8, 4) is 17.2 Å². The highest BCUT2D eigenvalue weighted by Crippen LogP contribution is 2.29. The van der Waals surface area contributed by atoms with E-state index >= 15 is 0 Å². The largest absolute Gasteiger partial charge is 0.490 e. The topological polar surface area (TPSA) is 86.2 Å². The molecule has 0 bridgehead atoms. The van der Waals surface area contributed by atoms with Crippen molar-refractivity contribution in [2.45, 2.75) is 6.92 Å². The lowest BCUT2D eigenvalue weighted by Gasteiger charge is -2.11. The van der Waals surface area contributed by atoms with E-state index in [4.69, 9.17) is 14.2 Å². The molecule has 1 N–H and O–H groups in total. The Labute approximate surface area is 194 Å². The zero-order valence-corrected chi connectivity index (χ0v) is 18.9. The molecule has 0 heterocycles. The number of nitrogens with one attached hydrogen (secondary N) is 1. The Hall–Kier alpha value is -3.65. The molecule has 0 radical (unpaired) electrons. The smallest absolute Gasteiger partial charge is 0.343 e. The van der Waals surface area contributed by atoms with E-state index in [-0.39, 0.29) is 6.61 Å². The third-order valence-corrected chi connectivity index (χ3v) is 4.59. The van der Waals surface area contributed by atoms with Crippen LogP contribution in [0.4, 0.5) is 0 Å². The van der Waals surface area contributed by atoms with Crippen molar-refractivity contribution in [3.63, 3.8) is 0 Å². The van der Waals surface area contributed by atoms with E-state index in [0.29, 0.717) is 35.0 Å². The molecule has 0 spiro atoms. The number of carbonyl (C=O) groups is 2. The van der Waals surface area contributed by atoms with E-state index in [0.717, 1.165) is 4.47 Å². The Morgan fingerprint density at radius 2 is 1.72 bits per heavy atom. The van der Waals surface area contributed by atoms with E-state index in [1.54, 1.807) is 54.6 Å². The lowest BCUT2D eigenvalue weighted by atomic mass is 10.2. The second-order valence-electron chi connectivity index (χ2n) is 6.43. The van der Waals surface area contributed by atoms with Crippen LogP contribution in [0.3, 0.4) is 0 Å². The minimum Gasteiger partial charge on any atom is -0.490 e. The molecule has 0 aliphatic carbocycles. The fourth-order valence-electron chi connectivity index (χ4n) is 2.58. The van der Waals surface area contributed by atoms with E-state index in [9.17, 15) is 9.59 Å². The van der Waals surface area contributed by atoms with Crippen molar-refractivity contribution in [2.24, 2.45) is 5.10 Å². The van der Waals surface area contributed by atoms with E-state index in [2.05, 4.69) is 26.5 Å². The summed E-state index contributed by atoms with van der Waals surface area (Å²) in [7, 11) is 0. The number of hydrogen-bond donors (Lipinski definition) is 1. The van der Waals surface area contributed by atoms with Gasteiger partial charge in [0.15, 0.2) is 18.1 Å². The Morgan fingerprint density at radius 1 is 0.969 bits per heavy atom. The van der Waals surface area contributed by atoms with Crippen molar-refractivity contribution in [1.82, 2.24) is 5.43 Å². The maximum Gasteiger partial charge on any atom is 0.343 e. The highest BCUT2D eigenvalue weighted by Gasteiger charge is 2.13. The quantitative estimate of drug-likeness (QED) is 0.202. The molecule has 1 amide bonds. The number of amides is 1. The standard InChI is InChI=1S/C24H21BrN2O5/c1-2-30-22-14-17(8-13-21(22)32-24(29)18-6-4-3-5-7-18)15-26-27-23(28)16-31-20-11-9-19(25)10-12-20/h3-15H,2,16H2,1H3,(H,27,28)/b26-15+. The van der Waals surface area contributed by atoms with Crippen molar-refractivity contribution < 1.29 is 23.8 Å². The molecule has 0 unspecified atom stereocenters. The first kappa shape index (κ1) is 23.0. The second kappa shape index (κ2) is 11.7. The molecule has 3 aromatic rings. The number of halogens is 1. The monoisotopic (exact) mass is 496 g/mol. The van der Waals surface area contributed by atoms with Crippen LogP contribution in [0.1, 0.15) is 22.8 Å². The van der Waals surface area contributed by atoms with Gasteiger partial charge in [0, 0.05) is 4.47 Å². The van der Waals surface area contributed by atoms with Crippen LogP contribution in [0.2, 0.25) is 0 Å². The predicted octanol–water partition coefficient (Wildman–Crippen LogP) is 4.60. The highest BCUT2D eigenvalue weighted by molar-refractivity contribution is 9.10. The molecule has 0 saturated carbocycles. The van der Waals surface area contributed by atoms with Crippen molar-refractivity contribution in [2.75, 3.05) is 13.2 Å². The number of benzene rings is 3. The predicted molar refractivity (Wildman–Crippen MR) is 124 cm³/mol. The zero-order chi connectivity index (χ0) is 22.8. The van der Waals surface area contributed by atoms with Gasteiger partial charge < -0.3 is 14.2 Å². The van der Waals surface area contributed by atoms with E-state index in [1.165, 1.54) is 6.21 Å². The third-order valence-electron chi connectivity index (χ3n) is 4.07. The summed E-state index contributed by atoms with van der Waals surface area (Å²) in [6.45, 7) is 2.05. The number of rotatable bonds is 9. The number of esters is 1. The Morgan fingerprint density at radius 3 is 2.44 bits per heavy atom. The molecule has 3 aromatic carbocycles. The molecule has 0 saturated heterocycles. The Kier molecular flexibility index (Phi) is 8.39. The summed E-state index contributed by atoms with van der Waals surface area (Å²) in [6.07, 6.45) is 1.46. The van der Waals surface area contributed by atoms with Gasteiger partial charge in [-0.05, 0) is 67.1 Å². The van der Waals surface area contributed by atoms with Crippen LogP contribution in [0.5, 0.6) is 17.2 Å². The van der Waals surface area contributed by atoms with Crippen LogP contribution >= 0.6 is 15.9 Å². The van der Waals surface area contributed by atoms with Gasteiger partial charge in [0.1, 0.15) is 5.75 Å². The molecule has 0 fully saturated rings. The molecule has 7 nitrogen and oxygen atoms in total. The van der Waals surface area contributed by atoms with E-state index in [1.807, 2.05) is 25.1 Å². The summed E-state index contributed by atoms with van der Waals surface area (Å²) in [4.78, 5) is 24.2.